The molecule has 0 bridgehead atoms. The van der Waals surface area contributed by atoms with E-state index in [0.29, 0.717) is 18.9 Å². The van der Waals surface area contributed by atoms with E-state index in [-0.39, 0.29) is 12.3 Å². The first-order chi connectivity index (χ1) is 12.6. The van der Waals surface area contributed by atoms with E-state index in [4.69, 9.17) is 9.84 Å². The van der Waals surface area contributed by atoms with E-state index in [1.807, 2.05) is 19.1 Å². The molecule has 1 aliphatic heterocycles. The molecule has 1 aliphatic rings. The molecular formula is C20H25N3O3. The van der Waals surface area contributed by atoms with Crippen LogP contribution < -0.4 is 10.1 Å². The first-order valence-corrected chi connectivity index (χ1v) is 9.12. The number of anilines is 1. The maximum atomic E-state index is 10.7. The van der Waals surface area contributed by atoms with E-state index >= 15 is 0 Å². The topological polar surface area (TPSA) is 84.3 Å². The number of nitrogens with one attached hydrogen (secondary N) is 1. The summed E-state index contributed by atoms with van der Waals surface area (Å²) in [6.07, 6.45) is 5.61. The van der Waals surface area contributed by atoms with E-state index in [1.165, 1.54) is 5.56 Å². The summed E-state index contributed by atoms with van der Waals surface area (Å²) in [7, 11) is 0. The Morgan fingerprint density at radius 1 is 1.35 bits per heavy atom. The van der Waals surface area contributed by atoms with Gasteiger partial charge in [-0.05, 0) is 42.4 Å². The molecule has 2 aromatic heterocycles. The van der Waals surface area contributed by atoms with Crippen molar-refractivity contribution in [2.45, 2.75) is 39.0 Å². The smallest absolute Gasteiger partial charge is 0.303 e. The number of aryl methyl sites for hydroxylation is 1. The van der Waals surface area contributed by atoms with Crippen LogP contribution in [0.4, 0.5) is 5.82 Å². The number of carboxylic acids is 1. The molecule has 0 aliphatic carbocycles. The number of aliphatic carboxylic acids is 1. The molecule has 2 aromatic rings. The van der Waals surface area contributed by atoms with Crippen molar-refractivity contribution >= 4 is 11.8 Å². The summed E-state index contributed by atoms with van der Waals surface area (Å²) in [6, 6.07) is 8.00. The first kappa shape index (κ1) is 18.2. The van der Waals surface area contributed by atoms with Gasteiger partial charge in [-0.15, -0.1) is 0 Å². The van der Waals surface area contributed by atoms with Gasteiger partial charge in [0.05, 0.1) is 6.61 Å². The minimum Gasteiger partial charge on any atom is -0.481 e. The van der Waals surface area contributed by atoms with Crippen molar-refractivity contribution in [3.05, 3.63) is 47.3 Å². The van der Waals surface area contributed by atoms with Crippen LogP contribution in [-0.4, -0.2) is 34.2 Å². The lowest BCUT2D eigenvalue weighted by atomic mass is 9.99. The second kappa shape index (κ2) is 8.65. The van der Waals surface area contributed by atoms with E-state index in [1.54, 1.807) is 6.20 Å². The van der Waals surface area contributed by atoms with Crippen molar-refractivity contribution in [1.29, 1.82) is 0 Å². The number of aromatic nitrogens is 2. The summed E-state index contributed by atoms with van der Waals surface area (Å²) in [6.45, 7) is 3.44. The Bertz CT molecular complexity index is 746. The number of carbonyl (C=O) groups is 1. The van der Waals surface area contributed by atoms with Crippen LogP contribution in [0.2, 0.25) is 0 Å². The van der Waals surface area contributed by atoms with E-state index < -0.39 is 5.97 Å². The molecule has 0 aromatic carbocycles. The van der Waals surface area contributed by atoms with Gasteiger partial charge < -0.3 is 15.2 Å². The van der Waals surface area contributed by atoms with Crippen molar-refractivity contribution in [2.75, 3.05) is 18.5 Å². The second-order valence-electron chi connectivity index (χ2n) is 6.85. The number of pyridine rings is 2. The van der Waals surface area contributed by atoms with Gasteiger partial charge in [0, 0.05) is 37.3 Å². The molecule has 2 N–H and O–H groups in total. The first-order valence-electron chi connectivity index (χ1n) is 9.12. The number of hydrogen-bond donors (Lipinski definition) is 2. The number of rotatable bonds is 8. The lowest BCUT2D eigenvalue weighted by Crippen LogP contribution is -2.14. The highest BCUT2D eigenvalue weighted by Gasteiger charge is 2.11. The molecule has 0 amide bonds. The Hall–Kier alpha value is -2.63. The summed E-state index contributed by atoms with van der Waals surface area (Å²) >= 11 is 0. The monoisotopic (exact) mass is 355 g/mol. The van der Waals surface area contributed by atoms with Crippen LogP contribution in [0, 0.1) is 5.92 Å². The summed E-state index contributed by atoms with van der Waals surface area (Å²) in [5.41, 5.74) is 3.32. The molecule has 6 nitrogen and oxygen atoms in total. The minimum absolute atomic E-state index is 0.0877. The van der Waals surface area contributed by atoms with Gasteiger partial charge in [-0.2, -0.15) is 0 Å². The molecule has 0 radical (unpaired) electrons. The van der Waals surface area contributed by atoms with Crippen molar-refractivity contribution in [3.8, 4) is 5.88 Å². The summed E-state index contributed by atoms with van der Waals surface area (Å²) in [4.78, 5) is 19.7. The van der Waals surface area contributed by atoms with Crippen LogP contribution in [-0.2, 0) is 24.1 Å². The van der Waals surface area contributed by atoms with Gasteiger partial charge in [-0.25, -0.2) is 9.97 Å². The number of hydrogen-bond acceptors (Lipinski definition) is 5. The Labute approximate surface area is 153 Å². The summed E-state index contributed by atoms with van der Waals surface area (Å²) < 4.78 is 5.71. The minimum atomic E-state index is -0.767. The fraction of sp³-hybridized carbons (Fsp3) is 0.450. The third-order valence-corrected chi connectivity index (χ3v) is 4.46. The van der Waals surface area contributed by atoms with Crippen LogP contribution in [0.3, 0.4) is 0 Å². The molecule has 26 heavy (non-hydrogen) atoms. The number of carboxylic acid groups (broad SMARTS) is 1. The third-order valence-electron chi connectivity index (χ3n) is 4.46. The molecule has 3 heterocycles. The lowest BCUT2D eigenvalue weighted by molar-refractivity contribution is -0.137. The zero-order valence-corrected chi connectivity index (χ0v) is 15.1. The van der Waals surface area contributed by atoms with Gasteiger partial charge in [0.25, 0.3) is 0 Å². The Morgan fingerprint density at radius 2 is 2.23 bits per heavy atom. The van der Waals surface area contributed by atoms with Gasteiger partial charge in [0.15, 0.2) is 0 Å². The highest BCUT2D eigenvalue weighted by Crippen LogP contribution is 2.20. The van der Waals surface area contributed by atoms with Crippen molar-refractivity contribution in [1.82, 2.24) is 9.97 Å². The Kier molecular flexibility index (Phi) is 6.04. The quantitative estimate of drug-likeness (QED) is 0.757. The zero-order valence-electron chi connectivity index (χ0n) is 15.1. The SMILES string of the molecule is CC(CC(=O)O)Cc1ccc(OCCc2ccc3c(n2)NCCC3)nc1. The average Bonchev–Trinajstić information content (AvgIpc) is 2.62. The molecule has 138 valence electrons. The molecule has 0 saturated carbocycles. The fourth-order valence-corrected chi connectivity index (χ4v) is 3.16. The number of fused-ring (bicyclic) bond motifs is 1. The summed E-state index contributed by atoms with van der Waals surface area (Å²) in [5, 5.41) is 12.2. The fourth-order valence-electron chi connectivity index (χ4n) is 3.16. The maximum Gasteiger partial charge on any atom is 0.303 e. The van der Waals surface area contributed by atoms with Gasteiger partial charge >= 0.3 is 5.97 Å². The van der Waals surface area contributed by atoms with E-state index in [2.05, 4.69) is 27.4 Å². The van der Waals surface area contributed by atoms with Crippen LogP contribution >= 0.6 is 0 Å². The molecule has 0 spiro atoms. The molecule has 0 fully saturated rings. The Balaban J connectivity index is 1.47. The average molecular weight is 355 g/mol. The van der Waals surface area contributed by atoms with Gasteiger partial charge in [0.1, 0.15) is 5.82 Å². The van der Waals surface area contributed by atoms with E-state index in [0.717, 1.165) is 42.9 Å². The van der Waals surface area contributed by atoms with Crippen molar-refractivity contribution in [3.63, 3.8) is 0 Å². The zero-order chi connectivity index (χ0) is 18.4. The predicted molar refractivity (Wildman–Crippen MR) is 99.6 cm³/mol. The molecule has 1 atom stereocenters. The molecule has 6 heteroatoms. The third kappa shape index (κ3) is 5.18. The number of nitrogens with zero attached hydrogens (tertiary/aromatic N) is 2. The van der Waals surface area contributed by atoms with Crippen LogP contribution in [0.1, 0.15) is 36.6 Å². The van der Waals surface area contributed by atoms with Crippen LogP contribution in [0.25, 0.3) is 0 Å². The highest BCUT2D eigenvalue weighted by atomic mass is 16.5. The summed E-state index contributed by atoms with van der Waals surface area (Å²) in [5.74, 6) is 0.906. The van der Waals surface area contributed by atoms with Gasteiger partial charge in [-0.3, -0.25) is 4.79 Å². The normalized spacial score (nSPS) is 14.2. The maximum absolute atomic E-state index is 10.7. The van der Waals surface area contributed by atoms with Crippen LogP contribution in [0.5, 0.6) is 5.88 Å². The molecular weight excluding hydrogens is 330 g/mol. The molecule has 3 rings (SSSR count). The van der Waals surface area contributed by atoms with Crippen molar-refractivity contribution < 1.29 is 14.6 Å². The second-order valence-corrected chi connectivity index (χ2v) is 6.85. The molecule has 1 unspecified atom stereocenters. The van der Waals surface area contributed by atoms with E-state index in [9.17, 15) is 4.79 Å². The lowest BCUT2D eigenvalue weighted by Gasteiger charge is -2.17. The van der Waals surface area contributed by atoms with Gasteiger partial charge in [0.2, 0.25) is 5.88 Å². The molecule has 0 saturated heterocycles. The van der Waals surface area contributed by atoms with Crippen molar-refractivity contribution in [2.24, 2.45) is 5.92 Å². The Morgan fingerprint density at radius 3 is 3.00 bits per heavy atom. The highest BCUT2D eigenvalue weighted by molar-refractivity contribution is 5.67. The van der Waals surface area contributed by atoms with Crippen LogP contribution in [0.15, 0.2) is 30.5 Å². The van der Waals surface area contributed by atoms with Gasteiger partial charge in [-0.1, -0.05) is 19.1 Å². The number of ether oxygens (including phenoxy) is 1. The predicted octanol–water partition coefficient (Wildman–Crippen LogP) is 3.11. The largest absolute Gasteiger partial charge is 0.481 e. The standard InChI is InChI=1S/C20H25N3O3/c1-14(12-19(24)25)11-15-4-7-18(22-13-15)26-10-8-17-6-5-16-3-2-9-21-20(16)23-17/h4-7,13-14H,2-3,8-12H2,1H3,(H,21,23)(H,24,25).